The first kappa shape index (κ1) is 101. The number of unbranched alkanes of at least 4 members (excludes halogenated alkanes) is 47. The SMILES string of the molecule is CC(C)CCCCCCCCCCCCCCCCCCCCC(=O)OC[C@H](COP(=O)(O)OCC(O)COP(=O)(O)OC[C@@H](COC(=O)CCCCCCCCCC(C)C)OC(=O)CCCCCCCCCCCCCCCCC(C)C)OC(=O)CCCCCCCCCCCCCCC(C)C. The molecule has 0 aliphatic heterocycles. The Kier molecular flexibility index (Phi) is 71.5. The molecule has 0 bridgehead atoms. The second-order valence-corrected chi connectivity index (χ2v) is 35.0. The van der Waals surface area contributed by atoms with Crippen LogP contribution in [0.3, 0.4) is 0 Å². The van der Waals surface area contributed by atoms with Crippen LogP contribution < -0.4 is 0 Å². The molecule has 0 aliphatic carbocycles. The molecule has 0 heterocycles. The number of carbonyl (C=O) groups is 4. The van der Waals surface area contributed by atoms with E-state index in [1.807, 2.05) is 0 Å². The van der Waals surface area contributed by atoms with Crippen LogP contribution in [0.2, 0.25) is 0 Å². The fraction of sp³-hybridized carbons (Fsp3) is 0.952. The lowest BCUT2D eigenvalue weighted by molar-refractivity contribution is -0.161. The third-order valence-electron chi connectivity index (χ3n) is 19.6. The van der Waals surface area contributed by atoms with Crippen LogP contribution >= 0.6 is 15.6 Å². The molecular weight excluding hydrogens is 1340 g/mol. The summed E-state index contributed by atoms with van der Waals surface area (Å²) >= 11 is 0. The third-order valence-corrected chi connectivity index (χ3v) is 21.5. The van der Waals surface area contributed by atoms with Crippen molar-refractivity contribution in [1.29, 1.82) is 0 Å². The molecule has 0 amide bonds. The molecule has 0 fully saturated rings. The van der Waals surface area contributed by atoms with Gasteiger partial charge in [0, 0.05) is 25.7 Å². The van der Waals surface area contributed by atoms with E-state index in [1.165, 1.54) is 231 Å². The maximum absolute atomic E-state index is 13.1. The van der Waals surface area contributed by atoms with E-state index in [1.54, 1.807) is 0 Å². The molecule has 17 nitrogen and oxygen atoms in total. The smallest absolute Gasteiger partial charge is 0.462 e. The molecule has 0 saturated heterocycles. The van der Waals surface area contributed by atoms with E-state index in [4.69, 9.17) is 37.0 Å². The van der Waals surface area contributed by atoms with Gasteiger partial charge in [-0.3, -0.25) is 37.3 Å². The highest BCUT2D eigenvalue weighted by Gasteiger charge is 2.30. The van der Waals surface area contributed by atoms with Crippen molar-refractivity contribution in [2.45, 2.75) is 453 Å². The van der Waals surface area contributed by atoms with Gasteiger partial charge in [-0.05, 0) is 49.4 Å². The van der Waals surface area contributed by atoms with E-state index < -0.39 is 97.5 Å². The monoisotopic (exact) mass is 1510 g/mol. The molecule has 0 radical (unpaired) electrons. The lowest BCUT2D eigenvalue weighted by atomic mass is 10.0. The van der Waals surface area contributed by atoms with Crippen LogP contribution in [-0.4, -0.2) is 96.7 Å². The number of hydrogen-bond donors (Lipinski definition) is 3. The zero-order valence-corrected chi connectivity index (χ0v) is 69.7. The Morgan fingerprint density at radius 2 is 0.408 bits per heavy atom. The highest BCUT2D eigenvalue weighted by atomic mass is 31.2. The van der Waals surface area contributed by atoms with Crippen molar-refractivity contribution in [2.75, 3.05) is 39.6 Å². The predicted octanol–water partition coefficient (Wildman–Crippen LogP) is 25.2. The highest BCUT2D eigenvalue weighted by molar-refractivity contribution is 7.47. The Hall–Kier alpha value is -1.94. The number of aliphatic hydroxyl groups is 1. The van der Waals surface area contributed by atoms with E-state index in [-0.39, 0.29) is 25.7 Å². The van der Waals surface area contributed by atoms with E-state index >= 15 is 0 Å². The van der Waals surface area contributed by atoms with Gasteiger partial charge in [0.05, 0.1) is 26.4 Å². The number of hydrogen-bond acceptors (Lipinski definition) is 15. The summed E-state index contributed by atoms with van der Waals surface area (Å²) < 4.78 is 68.8. The number of aliphatic hydroxyl groups excluding tert-OH is 1. The van der Waals surface area contributed by atoms with Gasteiger partial charge in [0.25, 0.3) is 0 Å². The fourth-order valence-corrected chi connectivity index (χ4v) is 14.5. The molecule has 19 heteroatoms. The molecular formula is C84H164O17P2. The van der Waals surface area contributed by atoms with Crippen molar-refractivity contribution < 1.29 is 80.2 Å². The maximum Gasteiger partial charge on any atom is 0.472 e. The molecule has 612 valence electrons. The minimum Gasteiger partial charge on any atom is -0.462 e. The average Bonchev–Trinajstić information content (AvgIpc) is 0.915. The quantitative estimate of drug-likeness (QED) is 0.0222. The molecule has 0 aromatic rings. The summed E-state index contributed by atoms with van der Waals surface area (Å²) in [6, 6.07) is 0. The highest BCUT2D eigenvalue weighted by Crippen LogP contribution is 2.45. The molecule has 0 rings (SSSR count). The molecule has 5 atom stereocenters. The molecule has 3 unspecified atom stereocenters. The fourth-order valence-electron chi connectivity index (χ4n) is 13.0. The van der Waals surface area contributed by atoms with Crippen LogP contribution in [0.1, 0.15) is 434 Å². The molecule has 103 heavy (non-hydrogen) atoms. The van der Waals surface area contributed by atoms with Crippen LogP contribution in [0.4, 0.5) is 0 Å². The summed E-state index contributed by atoms with van der Waals surface area (Å²) in [7, 11) is -9.93. The average molecular weight is 1510 g/mol. The summed E-state index contributed by atoms with van der Waals surface area (Å²) in [5, 5.41) is 10.7. The first-order chi connectivity index (χ1) is 49.6. The molecule has 0 aromatic heterocycles. The van der Waals surface area contributed by atoms with Gasteiger partial charge < -0.3 is 33.8 Å². The third kappa shape index (κ3) is 78.0. The van der Waals surface area contributed by atoms with Crippen LogP contribution in [0.5, 0.6) is 0 Å². The number of phosphoric acid groups is 2. The molecule has 0 aromatic carbocycles. The van der Waals surface area contributed by atoms with Gasteiger partial charge in [-0.1, -0.05) is 383 Å². The largest absolute Gasteiger partial charge is 0.472 e. The number of phosphoric ester groups is 2. The zero-order valence-electron chi connectivity index (χ0n) is 68.0. The number of esters is 4. The van der Waals surface area contributed by atoms with Crippen molar-refractivity contribution in [3.8, 4) is 0 Å². The molecule has 3 N–H and O–H groups in total. The van der Waals surface area contributed by atoms with Gasteiger partial charge in [-0.25, -0.2) is 9.13 Å². The second kappa shape index (κ2) is 72.9. The van der Waals surface area contributed by atoms with E-state index in [0.717, 1.165) is 114 Å². The van der Waals surface area contributed by atoms with Gasteiger partial charge >= 0.3 is 39.5 Å². The zero-order chi connectivity index (χ0) is 76.0. The van der Waals surface area contributed by atoms with Crippen molar-refractivity contribution >= 4 is 39.5 Å². The first-order valence-corrected chi connectivity index (χ1v) is 46.2. The van der Waals surface area contributed by atoms with E-state index in [2.05, 4.69) is 55.4 Å². The predicted molar refractivity (Wildman–Crippen MR) is 423 cm³/mol. The standard InChI is InChI=1S/C84H164O17P2/c1-74(2)60-52-44-36-29-23-17-13-11-9-10-12-14-19-26-32-40-48-56-64-81(86)94-70-79(100-84(89)67-59-51-42-34-28-22-21-25-31-38-46-54-62-76(5)6)72-98-102(90,91)96-68-78(85)69-97-103(92,93)99-73-80(71-95-82(87)65-57-49-43-35-39-47-55-63-77(7)8)101-83(88)66-58-50-41-33-27-20-16-15-18-24-30-37-45-53-61-75(3)4/h74-80,85H,9-73H2,1-8H3,(H,90,91)(H,92,93)/t78?,79-,80-/m1/s1. The number of rotatable bonds is 81. The minimum atomic E-state index is -4.96. The Morgan fingerprint density at radius 1 is 0.243 bits per heavy atom. The molecule has 0 saturated carbocycles. The van der Waals surface area contributed by atoms with Crippen LogP contribution in [0.25, 0.3) is 0 Å². The van der Waals surface area contributed by atoms with Gasteiger partial charge in [-0.2, -0.15) is 0 Å². The summed E-state index contributed by atoms with van der Waals surface area (Å²) in [6.07, 6.45) is 61.2. The van der Waals surface area contributed by atoms with Crippen LogP contribution in [0.15, 0.2) is 0 Å². The lowest BCUT2D eigenvalue weighted by Gasteiger charge is -2.21. The topological polar surface area (TPSA) is 237 Å². The van der Waals surface area contributed by atoms with Gasteiger partial charge in [0.1, 0.15) is 19.3 Å². The summed E-state index contributed by atoms with van der Waals surface area (Å²) in [4.78, 5) is 73.1. The Bertz CT molecular complexity index is 2010. The molecule has 0 spiro atoms. The molecule has 0 aliphatic rings. The van der Waals surface area contributed by atoms with Crippen LogP contribution in [0, 0.1) is 23.7 Å². The lowest BCUT2D eigenvalue weighted by Crippen LogP contribution is -2.30. The number of carbonyl (C=O) groups excluding carboxylic acids is 4. The van der Waals surface area contributed by atoms with Crippen molar-refractivity contribution in [3.05, 3.63) is 0 Å². The van der Waals surface area contributed by atoms with E-state index in [0.29, 0.717) is 31.6 Å². The Labute approximate surface area is 632 Å². The summed E-state index contributed by atoms with van der Waals surface area (Å²) in [5.41, 5.74) is 0. The minimum absolute atomic E-state index is 0.106. The normalized spacial score (nSPS) is 14.0. The van der Waals surface area contributed by atoms with E-state index in [9.17, 15) is 43.2 Å². The Morgan fingerprint density at radius 3 is 0.602 bits per heavy atom. The number of ether oxygens (including phenoxy) is 4. The maximum atomic E-state index is 13.1. The summed E-state index contributed by atoms with van der Waals surface area (Å²) in [5.74, 6) is 0.989. The van der Waals surface area contributed by atoms with Crippen molar-refractivity contribution in [2.24, 2.45) is 23.7 Å². The van der Waals surface area contributed by atoms with Crippen LogP contribution in [-0.2, 0) is 65.4 Å². The van der Waals surface area contributed by atoms with Gasteiger partial charge in [0.15, 0.2) is 12.2 Å². The van der Waals surface area contributed by atoms with Crippen molar-refractivity contribution in [3.63, 3.8) is 0 Å². The summed E-state index contributed by atoms with van der Waals surface area (Å²) in [6.45, 7) is 14.3. The van der Waals surface area contributed by atoms with Gasteiger partial charge in [0.2, 0.25) is 0 Å². The second-order valence-electron chi connectivity index (χ2n) is 32.1. The van der Waals surface area contributed by atoms with Crippen molar-refractivity contribution in [1.82, 2.24) is 0 Å². The van der Waals surface area contributed by atoms with Gasteiger partial charge in [-0.15, -0.1) is 0 Å². The Balaban J connectivity index is 5.21. The first-order valence-electron chi connectivity index (χ1n) is 43.2.